The minimum atomic E-state index is -0.930. The van der Waals surface area contributed by atoms with Crippen LogP contribution in [0.15, 0.2) is 12.1 Å². The van der Waals surface area contributed by atoms with Crippen molar-refractivity contribution in [2.75, 3.05) is 6.61 Å². The number of carboxylic acids is 1. The molecular formula is C17H24O3. The van der Waals surface area contributed by atoms with Crippen LogP contribution in [-0.2, 0) is 16.6 Å². The van der Waals surface area contributed by atoms with E-state index in [0.29, 0.717) is 0 Å². The lowest BCUT2D eigenvalue weighted by molar-refractivity contribution is -0.139. The lowest BCUT2D eigenvalue weighted by atomic mass is 9.70. The number of carboxylic acid groups (broad SMARTS) is 1. The third-order valence-corrected chi connectivity index (χ3v) is 3.72. The Hall–Kier alpha value is -1.51. The molecule has 0 atom stereocenters. The first kappa shape index (κ1) is 14.9. The average Bonchev–Trinajstić information content (AvgIpc) is 2.25. The fraction of sp³-hybridized carbons (Fsp3) is 0.588. The zero-order chi connectivity index (χ0) is 15.1. The van der Waals surface area contributed by atoms with Crippen LogP contribution in [0.4, 0.5) is 0 Å². The summed E-state index contributed by atoms with van der Waals surface area (Å²) in [5.74, 6) is -0.149. The second-order valence-electron chi connectivity index (χ2n) is 7.60. The molecule has 0 saturated heterocycles. The van der Waals surface area contributed by atoms with E-state index in [1.165, 1.54) is 5.56 Å². The highest BCUT2D eigenvalue weighted by atomic mass is 16.5. The summed E-state index contributed by atoms with van der Waals surface area (Å²) in [4.78, 5) is 10.6. The summed E-state index contributed by atoms with van der Waals surface area (Å²) < 4.78 is 5.34. The SMILES string of the molecule is CC(C)(C)CC(C)(C)c1cc2c(OCC(=O)O)c(c1)C2. The fourth-order valence-corrected chi connectivity index (χ4v) is 3.25. The van der Waals surface area contributed by atoms with Gasteiger partial charge in [0.1, 0.15) is 5.75 Å². The topological polar surface area (TPSA) is 46.5 Å². The highest BCUT2D eigenvalue weighted by Crippen LogP contribution is 2.44. The molecule has 0 saturated carbocycles. The number of ether oxygens (including phenoxy) is 1. The van der Waals surface area contributed by atoms with E-state index < -0.39 is 5.97 Å². The Morgan fingerprint density at radius 2 is 1.75 bits per heavy atom. The van der Waals surface area contributed by atoms with Gasteiger partial charge in [-0.15, -0.1) is 0 Å². The van der Waals surface area contributed by atoms with Gasteiger partial charge in [0, 0.05) is 6.42 Å². The first-order valence-electron chi connectivity index (χ1n) is 7.09. The summed E-state index contributed by atoms with van der Waals surface area (Å²) in [6.45, 7) is 11.0. The number of benzene rings is 1. The van der Waals surface area contributed by atoms with E-state index in [2.05, 4.69) is 46.8 Å². The molecule has 3 nitrogen and oxygen atoms in total. The Morgan fingerprint density at radius 3 is 2.20 bits per heavy atom. The van der Waals surface area contributed by atoms with Gasteiger partial charge < -0.3 is 9.84 Å². The largest absolute Gasteiger partial charge is 0.481 e. The van der Waals surface area contributed by atoms with Crippen LogP contribution < -0.4 is 4.74 Å². The Bertz CT molecular complexity index is 513. The van der Waals surface area contributed by atoms with E-state index in [1.54, 1.807) is 0 Å². The second kappa shape index (κ2) is 4.80. The molecule has 0 fully saturated rings. The molecule has 110 valence electrons. The Kier molecular flexibility index (Phi) is 3.57. The van der Waals surface area contributed by atoms with Crippen molar-refractivity contribution >= 4 is 5.97 Å². The minimum Gasteiger partial charge on any atom is -0.481 e. The molecule has 2 aliphatic carbocycles. The van der Waals surface area contributed by atoms with Gasteiger partial charge in [-0.2, -0.15) is 0 Å². The Morgan fingerprint density at radius 1 is 1.20 bits per heavy atom. The van der Waals surface area contributed by atoms with Crippen molar-refractivity contribution in [3.05, 3.63) is 28.8 Å². The molecule has 0 aromatic heterocycles. The van der Waals surface area contributed by atoms with E-state index in [9.17, 15) is 4.79 Å². The normalized spacial score (nSPS) is 13.8. The molecule has 1 aromatic carbocycles. The van der Waals surface area contributed by atoms with Gasteiger partial charge in [0.2, 0.25) is 0 Å². The number of fused-ring (bicyclic) bond motifs is 2. The quantitative estimate of drug-likeness (QED) is 0.904. The predicted octanol–water partition coefficient (Wildman–Crippen LogP) is 3.77. The molecule has 1 aromatic rings. The lowest BCUT2D eigenvalue weighted by Crippen LogP contribution is -2.27. The highest BCUT2D eigenvalue weighted by Gasteiger charge is 2.31. The molecule has 2 bridgehead atoms. The number of aliphatic carboxylic acids is 1. The van der Waals surface area contributed by atoms with Gasteiger partial charge in [-0.1, -0.05) is 46.8 Å². The number of rotatable bonds is 5. The van der Waals surface area contributed by atoms with Crippen LogP contribution in [0.2, 0.25) is 0 Å². The molecule has 0 radical (unpaired) electrons. The van der Waals surface area contributed by atoms with Crippen molar-refractivity contribution in [1.82, 2.24) is 0 Å². The van der Waals surface area contributed by atoms with Crippen LogP contribution >= 0.6 is 0 Å². The molecule has 0 spiro atoms. The van der Waals surface area contributed by atoms with Crippen molar-refractivity contribution in [2.45, 2.75) is 52.9 Å². The number of carbonyl (C=O) groups is 1. The summed E-state index contributed by atoms with van der Waals surface area (Å²) >= 11 is 0. The standard InChI is InChI=1S/C17H24O3/c1-16(2,3)10-17(4,5)13-7-11-6-12(8-13)15(11)20-9-14(18)19/h7-8H,6,9-10H2,1-5H3,(H,18,19). The van der Waals surface area contributed by atoms with Crippen LogP contribution in [-0.4, -0.2) is 17.7 Å². The van der Waals surface area contributed by atoms with Gasteiger partial charge in [0.25, 0.3) is 0 Å². The maximum Gasteiger partial charge on any atom is 0.341 e. The van der Waals surface area contributed by atoms with E-state index in [0.717, 1.165) is 29.7 Å². The molecule has 20 heavy (non-hydrogen) atoms. The van der Waals surface area contributed by atoms with Crippen molar-refractivity contribution in [3.63, 3.8) is 0 Å². The zero-order valence-electron chi connectivity index (χ0n) is 13.0. The van der Waals surface area contributed by atoms with Crippen LogP contribution in [0.3, 0.4) is 0 Å². The summed E-state index contributed by atoms with van der Waals surface area (Å²) in [6, 6.07) is 4.35. The average molecular weight is 276 g/mol. The third kappa shape index (κ3) is 3.14. The maximum absolute atomic E-state index is 10.6. The summed E-state index contributed by atoms with van der Waals surface area (Å²) in [5.41, 5.74) is 4.00. The van der Waals surface area contributed by atoms with Crippen molar-refractivity contribution in [1.29, 1.82) is 0 Å². The second-order valence-corrected chi connectivity index (χ2v) is 7.60. The minimum absolute atomic E-state index is 0.119. The third-order valence-electron chi connectivity index (χ3n) is 3.72. The fourth-order valence-electron chi connectivity index (χ4n) is 3.25. The molecule has 1 N–H and O–H groups in total. The van der Waals surface area contributed by atoms with E-state index in [4.69, 9.17) is 9.84 Å². The first-order chi connectivity index (χ1) is 9.08. The predicted molar refractivity (Wildman–Crippen MR) is 79.5 cm³/mol. The van der Waals surface area contributed by atoms with Crippen molar-refractivity contribution < 1.29 is 14.6 Å². The molecule has 3 heteroatoms. The van der Waals surface area contributed by atoms with Gasteiger partial charge in [-0.05, 0) is 33.9 Å². The van der Waals surface area contributed by atoms with E-state index in [-0.39, 0.29) is 17.4 Å². The van der Waals surface area contributed by atoms with E-state index >= 15 is 0 Å². The van der Waals surface area contributed by atoms with Crippen LogP contribution in [0.5, 0.6) is 5.75 Å². The first-order valence-corrected chi connectivity index (χ1v) is 7.09. The smallest absolute Gasteiger partial charge is 0.341 e. The Labute approximate surface area is 121 Å². The summed E-state index contributed by atoms with van der Waals surface area (Å²) in [5, 5.41) is 8.67. The molecule has 0 heterocycles. The zero-order valence-corrected chi connectivity index (χ0v) is 13.0. The van der Waals surface area contributed by atoms with Gasteiger partial charge in [0.05, 0.1) is 0 Å². The molecule has 0 amide bonds. The summed E-state index contributed by atoms with van der Waals surface area (Å²) in [7, 11) is 0. The molecular weight excluding hydrogens is 252 g/mol. The Balaban J connectivity index is 2.17. The van der Waals surface area contributed by atoms with Gasteiger partial charge in [-0.25, -0.2) is 4.79 Å². The molecule has 0 aliphatic heterocycles. The maximum atomic E-state index is 10.6. The molecule has 2 aliphatic rings. The molecule has 0 unspecified atom stereocenters. The van der Waals surface area contributed by atoms with Gasteiger partial charge >= 0.3 is 5.97 Å². The number of hydrogen-bond acceptors (Lipinski definition) is 2. The van der Waals surface area contributed by atoms with Gasteiger partial charge in [0.15, 0.2) is 6.61 Å². The van der Waals surface area contributed by atoms with E-state index in [1.807, 2.05) is 0 Å². The van der Waals surface area contributed by atoms with Crippen LogP contribution in [0.1, 0.15) is 57.7 Å². The monoisotopic (exact) mass is 276 g/mol. The molecule has 3 rings (SSSR count). The number of hydrogen-bond donors (Lipinski definition) is 1. The summed E-state index contributed by atoms with van der Waals surface area (Å²) in [6.07, 6.45) is 2.01. The van der Waals surface area contributed by atoms with Crippen molar-refractivity contribution in [2.24, 2.45) is 5.41 Å². The van der Waals surface area contributed by atoms with Crippen LogP contribution in [0.25, 0.3) is 0 Å². The van der Waals surface area contributed by atoms with Gasteiger partial charge in [-0.3, -0.25) is 0 Å². The lowest BCUT2D eigenvalue weighted by Gasteiger charge is -2.36. The van der Waals surface area contributed by atoms with Crippen LogP contribution in [0, 0.1) is 5.41 Å². The van der Waals surface area contributed by atoms with Crippen molar-refractivity contribution in [3.8, 4) is 5.75 Å². The highest BCUT2D eigenvalue weighted by molar-refractivity contribution is 5.69.